The van der Waals surface area contributed by atoms with Crippen LogP contribution in [0, 0.1) is 0 Å². The van der Waals surface area contributed by atoms with E-state index in [0.29, 0.717) is 10.6 Å². The van der Waals surface area contributed by atoms with E-state index in [1.54, 1.807) is 17.5 Å². The molecular formula is C16H12ClNOS. The number of carbonyl (C=O) groups is 1. The van der Waals surface area contributed by atoms with Gasteiger partial charge in [0.2, 0.25) is 5.78 Å². The molecule has 0 bridgehead atoms. The van der Waals surface area contributed by atoms with Gasteiger partial charge < -0.3 is 4.98 Å². The van der Waals surface area contributed by atoms with E-state index < -0.39 is 0 Å². The van der Waals surface area contributed by atoms with Gasteiger partial charge in [-0.2, -0.15) is 0 Å². The smallest absolute Gasteiger partial charge is 0.205 e. The third kappa shape index (κ3) is 1.74. The van der Waals surface area contributed by atoms with Crippen molar-refractivity contribution in [2.75, 3.05) is 0 Å². The number of hydrogen-bond acceptors (Lipinski definition) is 2. The van der Waals surface area contributed by atoms with Crippen molar-refractivity contribution in [3.63, 3.8) is 0 Å². The minimum absolute atomic E-state index is 0.0953. The van der Waals surface area contributed by atoms with Crippen LogP contribution in [0.4, 0.5) is 0 Å². The molecule has 0 amide bonds. The van der Waals surface area contributed by atoms with Crippen LogP contribution in [0.5, 0.6) is 0 Å². The Hall–Kier alpha value is -1.58. The number of carbonyl (C=O) groups excluding carboxylic acids is 1. The van der Waals surface area contributed by atoms with Gasteiger partial charge in [0.05, 0.1) is 15.4 Å². The number of fused-ring (bicyclic) bond motifs is 2. The molecule has 0 fully saturated rings. The number of nitrogens with one attached hydrogen (secondary N) is 1. The van der Waals surface area contributed by atoms with Crippen LogP contribution >= 0.6 is 22.9 Å². The zero-order valence-electron chi connectivity index (χ0n) is 10.7. The number of rotatable bonds is 2. The van der Waals surface area contributed by atoms with Gasteiger partial charge in [-0.25, -0.2) is 0 Å². The number of H-pyrrole nitrogens is 1. The number of hydrogen-bond donors (Lipinski definition) is 1. The van der Waals surface area contributed by atoms with Gasteiger partial charge in [0.1, 0.15) is 0 Å². The first-order valence-corrected chi connectivity index (χ1v) is 7.85. The Kier molecular flexibility index (Phi) is 2.72. The van der Waals surface area contributed by atoms with Gasteiger partial charge in [-0.3, -0.25) is 4.79 Å². The number of ketones is 1. The van der Waals surface area contributed by atoms with Crippen molar-refractivity contribution in [1.82, 2.24) is 4.98 Å². The number of benzene rings is 1. The molecule has 1 aliphatic rings. The van der Waals surface area contributed by atoms with Crippen molar-refractivity contribution in [3.8, 4) is 0 Å². The van der Waals surface area contributed by atoms with Crippen LogP contribution in [-0.4, -0.2) is 10.8 Å². The lowest BCUT2D eigenvalue weighted by molar-refractivity contribution is 0.104. The summed E-state index contributed by atoms with van der Waals surface area (Å²) in [5.41, 5.74) is 2.90. The van der Waals surface area contributed by atoms with Gasteiger partial charge in [-0.15, -0.1) is 11.3 Å². The fourth-order valence-corrected chi connectivity index (χ4v) is 4.32. The average molecular weight is 302 g/mol. The highest BCUT2D eigenvalue weighted by atomic mass is 35.5. The van der Waals surface area contributed by atoms with Crippen molar-refractivity contribution in [2.24, 2.45) is 0 Å². The standard InChI is InChI=1S/C16H12ClNOS/c17-12-5-2-4-10-11(8-18-15(10)12)16(19)14-7-9-3-1-6-13(9)20-14/h2,4-5,7-8,18H,1,3,6H2. The van der Waals surface area contributed by atoms with Gasteiger partial charge in [-0.05, 0) is 37.0 Å². The highest BCUT2D eigenvalue weighted by Crippen LogP contribution is 2.33. The largest absolute Gasteiger partial charge is 0.359 e. The lowest BCUT2D eigenvalue weighted by Crippen LogP contribution is -1.97. The lowest BCUT2D eigenvalue weighted by Gasteiger charge is -1.97. The van der Waals surface area contributed by atoms with Crippen molar-refractivity contribution in [3.05, 3.63) is 56.4 Å². The summed E-state index contributed by atoms with van der Waals surface area (Å²) >= 11 is 7.79. The molecule has 0 radical (unpaired) electrons. The summed E-state index contributed by atoms with van der Waals surface area (Å²) in [7, 11) is 0. The predicted octanol–water partition coefficient (Wildman–Crippen LogP) is 4.60. The van der Waals surface area contributed by atoms with Crippen LogP contribution in [0.2, 0.25) is 5.02 Å². The van der Waals surface area contributed by atoms with E-state index in [9.17, 15) is 4.79 Å². The van der Waals surface area contributed by atoms with Crippen LogP contribution in [0.1, 0.15) is 32.1 Å². The van der Waals surface area contributed by atoms with Crippen LogP contribution < -0.4 is 0 Å². The second-order valence-electron chi connectivity index (χ2n) is 5.11. The van der Waals surface area contributed by atoms with Crippen LogP contribution in [0.25, 0.3) is 10.9 Å². The Morgan fingerprint density at radius 2 is 2.20 bits per heavy atom. The summed E-state index contributed by atoms with van der Waals surface area (Å²) in [6.45, 7) is 0. The van der Waals surface area contributed by atoms with E-state index in [0.717, 1.165) is 28.6 Å². The molecule has 0 unspecified atom stereocenters. The normalized spacial score (nSPS) is 13.8. The number of aromatic amines is 1. The second kappa shape index (κ2) is 4.47. The molecule has 0 spiro atoms. The zero-order valence-corrected chi connectivity index (χ0v) is 12.3. The zero-order chi connectivity index (χ0) is 13.7. The van der Waals surface area contributed by atoms with Crippen molar-refractivity contribution >= 4 is 39.6 Å². The van der Waals surface area contributed by atoms with Gasteiger partial charge in [0.15, 0.2) is 0 Å². The molecule has 20 heavy (non-hydrogen) atoms. The second-order valence-corrected chi connectivity index (χ2v) is 6.65. The number of aromatic nitrogens is 1. The monoisotopic (exact) mass is 301 g/mol. The number of thiophene rings is 1. The number of para-hydroxylation sites is 1. The molecule has 2 heterocycles. The average Bonchev–Trinajstić information content (AvgIpc) is 3.11. The maximum Gasteiger partial charge on any atom is 0.205 e. The van der Waals surface area contributed by atoms with Crippen molar-refractivity contribution in [2.45, 2.75) is 19.3 Å². The van der Waals surface area contributed by atoms with Gasteiger partial charge >= 0.3 is 0 Å². The summed E-state index contributed by atoms with van der Waals surface area (Å²) in [5.74, 6) is 0.0953. The minimum Gasteiger partial charge on any atom is -0.359 e. The molecule has 0 saturated heterocycles. The molecule has 4 rings (SSSR count). The van der Waals surface area contributed by atoms with Crippen LogP contribution in [-0.2, 0) is 12.8 Å². The fraction of sp³-hybridized carbons (Fsp3) is 0.188. The molecule has 1 aromatic carbocycles. The Morgan fingerprint density at radius 3 is 3.05 bits per heavy atom. The summed E-state index contributed by atoms with van der Waals surface area (Å²) in [5, 5.41) is 1.55. The van der Waals surface area contributed by atoms with E-state index in [2.05, 4.69) is 11.1 Å². The van der Waals surface area contributed by atoms with Crippen molar-refractivity contribution < 1.29 is 4.79 Å². The molecule has 1 aliphatic carbocycles. The molecule has 100 valence electrons. The lowest BCUT2D eigenvalue weighted by atomic mass is 10.1. The van der Waals surface area contributed by atoms with E-state index in [1.165, 1.54) is 16.9 Å². The number of aryl methyl sites for hydroxylation is 2. The Morgan fingerprint density at radius 1 is 1.30 bits per heavy atom. The molecule has 2 aromatic heterocycles. The molecule has 0 aliphatic heterocycles. The van der Waals surface area contributed by atoms with E-state index >= 15 is 0 Å². The maximum atomic E-state index is 12.7. The third-order valence-corrected chi connectivity index (χ3v) is 5.43. The first-order valence-electron chi connectivity index (χ1n) is 6.66. The van der Waals surface area contributed by atoms with E-state index in [-0.39, 0.29) is 5.78 Å². The summed E-state index contributed by atoms with van der Waals surface area (Å²) in [6, 6.07) is 7.71. The van der Waals surface area contributed by atoms with Gasteiger partial charge in [0, 0.05) is 22.0 Å². The molecule has 0 atom stereocenters. The SMILES string of the molecule is O=C(c1cc2c(s1)CCC2)c1c[nH]c2c(Cl)cccc12. The first-order chi connectivity index (χ1) is 9.74. The van der Waals surface area contributed by atoms with E-state index in [1.807, 2.05) is 18.2 Å². The van der Waals surface area contributed by atoms with Crippen LogP contribution in [0.3, 0.4) is 0 Å². The maximum absolute atomic E-state index is 12.7. The Labute approximate surface area is 125 Å². The highest BCUT2D eigenvalue weighted by molar-refractivity contribution is 7.14. The highest BCUT2D eigenvalue weighted by Gasteiger charge is 2.21. The summed E-state index contributed by atoms with van der Waals surface area (Å²) in [6.07, 6.45) is 5.22. The summed E-state index contributed by atoms with van der Waals surface area (Å²) < 4.78 is 0. The van der Waals surface area contributed by atoms with Gasteiger partial charge in [0.25, 0.3) is 0 Å². The Balaban J connectivity index is 1.82. The van der Waals surface area contributed by atoms with Crippen molar-refractivity contribution in [1.29, 1.82) is 0 Å². The molecule has 2 nitrogen and oxygen atoms in total. The number of halogens is 1. The molecule has 0 saturated carbocycles. The minimum atomic E-state index is 0.0953. The molecule has 4 heteroatoms. The van der Waals surface area contributed by atoms with E-state index in [4.69, 9.17) is 11.6 Å². The predicted molar refractivity (Wildman–Crippen MR) is 83.1 cm³/mol. The van der Waals surface area contributed by atoms with Crippen LogP contribution in [0.15, 0.2) is 30.5 Å². The van der Waals surface area contributed by atoms with Gasteiger partial charge in [-0.1, -0.05) is 23.7 Å². The topological polar surface area (TPSA) is 32.9 Å². The first kappa shape index (κ1) is 12.2. The Bertz CT molecular complexity index is 809. The molecular weight excluding hydrogens is 290 g/mol. The molecule has 1 N–H and O–H groups in total. The summed E-state index contributed by atoms with van der Waals surface area (Å²) in [4.78, 5) is 18.0. The fourth-order valence-electron chi connectivity index (χ4n) is 2.88. The molecule has 3 aromatic rings. The quantitative estimate of drug-likeness (QED) is 0.689. The third-order valence-electron chi connectivity index (χ3n) is 3.88.